The lowest BCUT2D eigenvalue weighted by atomic mass is 10.2. The van der Waals surface area contributed by atoms with Gasteiger partial charge in [0.15, 0.2) is 8.68 Å². The highest BCUT2D eigenvalue weighted by Crippen LogP contribution is 2.24. The molecule has 0 bridgehead atoms. The number of likely N-dealkylation sites (N-methyl/N-ethyl adjacent to an activating group) is 1. The number of amides is 1. The molecule has 0 saturated heterocycles. The first-order valence-electron chi connectivity index (χ1n) is 5.58. The number of nitrogens with one attached hydrogen (secondary N) is 1. The van der Waals surface area contributed by atoms with Crippen LogP contribution < -0.4 is 5.32 Å². The van der Waals surface area contributed by atoms with Gasteiger partial charge in [0.25, 0.3) is 10.0 Å². The smallest absolute Gasteiger partial charge is 0.254 e. The molecule has 0 unspecified atom stereocenters. The molecule has 0 aromatic carbocycles. The Morgan fingerprint density at radius 3 is 2.68 bits per heavy atom. The predicted molar refractivity (Wildman–Crippen MR) is 74.8 cm³/mol. The third-order valence-electron chi connectivity index (χ3n) is 2.19. The number of sulfonamides is 1. The van der Waals surface area contributed by atoms with E-state index in [1.165, 1.54) is 13.2 Å². The van der Waals surface area contributed by atoms with Crippen LogP contribution in [0.25, 0.3) is 0 Å². The largest absolute Gasteiger partial charge is 0.355 e. The summed E-state index contributed by atoms with van der Waals surface area (Å²) in [5.74, 6) is -0.0263. The van der Waals surface area contributed by atoms with Gasteiger partial charge in [0.05, 0.1) is 12.7 Å². The summed E-state index contributed by atoms with van der Waals surface area (Å²) < 4.78 is 25.3. The first-order chi connectivity index (χ1) is 8.73. The average molecular weight is 326 g/mol. The van der Waals surface area contributed by atoms with Crippen LogP contribution in [0.1, 0.15) is 13.8 Å². The zero-order valence-corrected chi connectivity index (χ0v) is 13.3. The van der Waals surface area contributed by atoms with Crippen LogP contribution in [-0.4, -0.2) is 43.8 Å². The molecule has 0 spiro atoms. The molecule has 1 amide bonds. The molecule has 0 atom stereocenters. The van der Waals surface area contributed by atoms with E-state index in [9.17, 15) is 13.2 Å². The van der Waals surface area contributed by atoms with Gasteiger partial charge in [0.2, 0.25) is 5.91 Å². The van der Waals surface area contributed by atoms with Gasteiger partial charge in [-0.2, -0.15) is 4.31 Å². The van der Waals surface area contributed by atoms with Gasteiger partial charge in [0, 0.05) is 13.6 Å². The Kier molecular flexibility index (Phi) is 5.72. The first-order valence-corrected chi connectivity index (χ1v) is 8.21. The summed E-state index contributed by atoms with van der Waals surface area (Å²) >= 11 is 6.47. The normalized spacial score (nSPS) is 12.1. The number of carbonyl (C=O) groups is 1. The van der Waals surface area contributed by atoms with Crippen LogP contribution in [0.4, 0.5) is 0 Å². The fourth-order valence-electron chi connectivity index (χ4n) is 1.17. The molecule has 0 fully saturated rings. The molecule has 1 heterocycles. The van der Waals surface area contributed by atoms with Gasteiger partial charge in [-0.15, -0.1) is 0 Å². The minimum atomic E-state index is -3.71. The van der Waals surface area contributed by atoms with Crippen molar-refractivity contribution in [3.8, 4) is 0 Å². The number of hydrogen-bond donors (Lipinski definition) is 1. The number of hydrogen-bond acceptors (Lipinski definition) is 5. The van der Waals surface area contributed by atoms with Gasteiger partial charge in [-0.25, -0.2) is 13.4 Å². The molecule has 1 aromatic rings. The van der Waals surface area contributed by atoms with E-state index in [0.29, 0.717) is 12.5 Å². The van der Waals surface area contributed by atoms with Crippen LogP contribution in [0, 0.1) is 5.92 Å². The summed E-state index contributed by atoms with van der Waals surface area (Å²) in [6.45, 7) is 4.20. The van der Waals surface area contributed by atoms with Gasteiger partial charge in [-0.05, 0) is 5.92 Å². The Hall–Kier alpha value is -0.700. The molecule has 6 nitrogen and oxygen atoms in total. The topological polar surface area (TPSA) is 79.4 Å². The highest BCUT2D eigenvalue weighted by molar-refractivity contribution is 7.91. The molecule has 1 rings (SSSR count). The van der Waals surface area contributed by atoms with Crippen LogP contribution >= 0.6 is 22.9 Å². The van der Waals surface area contributed by atoms with Crippen molar-refractivity contribution in [2.24, 2.45) is 5.92 Å². The summed E-state index contributed by atoms with van der Waals surface area (Å²) in [4.78, 5) is 15.3. The van der Waals surface area contributed by atoms with Gasteiger partial charge in [-0.1, -0.05) is 36.8 Å². The van der Waals surface area contributed by atoms with Crippen LogP contribution in [0.15, 0.2) is 10.4 Å². The molecule has 19 heavy (non-hydrogen) atoms. The summed E-state index contributed by atoms with van der Waals surface area (Å²) in [7, 11) is -2.36. The highest BCUT2D eigenvalue weighted by Gasteiger charge is 2.25. The minimum Gasteiger partial charge on any atom is -0.355 e. The van der Waals surface area contributed by atoms with Crippen LogP contribution in [0.3, 0.4) is 0 Å². The van der Waals surface area contributed by atoms with Crippen molar-refractivity contribution < 1.29 is 13.2 Å². The van der Waals surface area contributed by atoms with E-state index < -0.39 is 10.0 Å². The van der Waals surface area contributed by atoms with E-state index in [-0.39, 0.29) is 21.1 Å². The molecule has 108 valence electrons. The second kappa shape index (κ2) is 6.65. The average Bonchev–Trinajstić information content (AvgIpc) is 2.73. The number of carbonyl (C=O) groups excluding carboxylic acids is 1. The third-order valence-corrected chi connectivity index (χ3v) is 5.55. The fourth-order valence-corrected chi connectivity index (χ4v) is 3.81. The van der Waals surface area contributed by atoms with E-state index in [1.807, 2.05) is 13.8 Å². The van der Waals surface area contributed by atoms with Crippen molar-refractivity contribution in [3.63, 3.8) is 0 Å². The Morgan fingerprint density at radius 1 is 1.58 bits per heavy atom. The zero-order chi connectivity index (χ0) is 14.6. The Labute approximate surface area is 121 Å². The number of rotatable bonds is 6. The summed E-state index contributed by atoms with van der Waals surface area (Å²) in [5.41, 5.74) is 0. The zero-order valence-electron chi connectivity index (χ0n) is 10.9. The first kappa shape index (κ1) is 16.4. The van der Waals surface area contributed by atoms with Gasteiger partial charge >= 0.3 is 0 Å². The lowest BCUT2D eigenvalue weighted by molar-refractivity contribution is -0.121. The van der Waals surface area contributed by atoms with Gasteiger partial charge < -0.3 is 5.32 Å². The Balaban J connectivity index is 2.67. The molecule has 1 N–H and O–H groups in total. The van der Waals surface area contributed by atoms with Crippen LogP contribution in [0.5, 0.6) is 0 Å². The molecular formula is C10H16ClN3O3S2. The molecule has 0 aliphatic heterocycles. The molecule has 1 aromatic heterocycles. The van der Waals surface area contributed by atoms with E-state index in [4.69, 9.17) is 11.6 Å². The molecule has 0 aliphatic rings. The molecule has 9 heteroatoms. The van der Waals surface area contributed by atoms with E-state index in [0.717, 1.165) is 15.6 Å². The number of thiazole rings is 1. The van der Waals surface area contributed by atoms with Crippen molar-refractivity contribution in [2.75, 3.05) is 20.1 Å². The second-order valence-corrected chi connectivity index (χ2v) is 8.28. The lowest BCUT2D eigenvalue weighted by Crippen LogP contribution is -2.39. The number of halogens is 1. The number of aromatic nitrogens is 1. The summed E-state index contributed by atoms with van der Waals surface area (Å²) in [6.07, 6.45) is 1.19. The molecule has 0 saturated carbocycles. The van der Waals surface area contributed by atoms with E-state index in [2.05, 4.69) is 10.3 Å². The predicted octanol–water partition coefficient (Wildman–Crippen LogP) is 1.19. The maximum absolute atomic E-state index is 12.1. The highest BCUT2D eigenvalue weighted by atomic mass is 35.5. The van der Waals surface area contributed by atoms with Crippen LogP contribution in [0.2, 0.25) is 4.47 Å². The third kappa shape index (κ3) is 4.72. The Morgan fingerprint density at radius 2 is 2.21 bits per heavy atom. The number of nitrogens with zero attached hydrogens (tertiary/aromatic N) is 2. The Bertz CT molecular complexity index is 542. The van der Waals surface area contributed by atoms with Crippen LogP contribution in [-0.2, 0) is 14.8 Å². The van der Waals surface area contributed by atoms with Gasteiger partial charge in [-0.3, -0.25) is 4.79 Å². The standard InChI is InChI=1S/C10H16ClN3O3S2/c1-7(2)4-12-8(15)6-14(3)19(16,17)9-5-13-10(11)18-9/h5,7H,4,6H2,1-3H3,(H,12,15). The molecule has 0 radical (unpaired) electrons. The van der Waals surface area contributed by atoms with Crippen molar-refractivity contribution in [2.45, 2.75) is 18.1 Å². The maximum Gasteiger partial charge on any atom is 0.254 e. The maximum atomic E-state index is 12.1. The van der Waals surface area contributed by atoms with Crippen molar-refractivity contribution in [1.82, 2.24) is 14.6 Å². The second-order valence-electron chi connectivity index (χ2n) is 4.39. The van der Waals surface area contributed by atoms with Crippen molar-refractivity contribution >= 4 is 38.9 Å². The van der Waals surface area contributed by atoms with Crippen molar-refractivity contribution in [1.29, 1.82) is 0 Å². The quantitative estimate of drug-likeness (QED) is 0.852. The van der Waals surface area contributed by atoms with E-state index >= 15 is 0 Å². The summed E-state index contributed by atoms with van der Waals surface area (Å²) in [5, 5.41) is 2.66. The molecule has 0 aliphatic carbocycles. The minimum absolute atomic E-state index is 0.0247. The van der Waals surface area contributed by atoms with Gasteiger partial charge in [0.1, 0.15) is 0 Å². The molecular weight excluding hydrogens is 310 g/mol. The monoisotopic (exact) mass is 325 g/mol. The summed E-state index contributed by atoms with van der Waals surface area (Å²) in [6, 6.07) is 0. The van der Waals surface area contributed by atoms with E-state index in [1.54, 1.807) is 0 Å². The van der Waals surface area contributed by atoms with Crippen molar-refractivity contribution in [3.05, 3.63) is 10.7 Å². The fraction of sp³-hybridized carbons (Fsp3) is 0.600. The lowest BCUT2D eigenvalue weighted by Gasteiger charge is -2.15. The SMILES string of the molecule is CC(C)CNC(=O)CN(C)S(=O)(=O)c1cnc(Cl)s1.